The Labute approximate surface area is 95.4 Å². The van der Waals surface area contributed by atoms with Crippen LogP contribution in [0, 0.1) is 6.92 Å². The van der Waals surface area contributed by atoms with Crippen LogP contribution in [-0.2, 0) is 16.9 Å². The highest BCUT2D eigenvalue weighted by Crippen LogP contribution is 2.09. The van der Waals surface area contributed by atoms with E-state index >= 15 is 0 Å². The van der Waals surface area contributed by atoms with Crippen LogP contribution < -0.4 is 0 Å². The molecule has 1 heterocycles. The highest BCUT2D eigenvalue weighted by atomic mass is 32.2. The molecular weight excluding hydrogens is 228 g/mol. The summed E-state index contributed by atoms with van der Waals surface area (Å²) in [5, 5.41) is 4.07. The van der Waals surface area contributed by atoms with Gasteiger partial charge < -0.3 is 0 Å². The van der Waals surface area contributed by atoms with Crippen LogP contribution >= 0.6 is 0 Å². The molecule has 0 atom stereocenters. The summed E-state index contributed by atoms with van der Waals surface area (Å²) < 4.78 is 23.4. The van der Waals surface area contributed by atoms with Gasteiger partial charge in [0.05, 0.1) is 17.0 Å². The van der Waals surface area contributed by atoms with Gasteiger partial charge in [0.25, 0.3) is 0 Å². The molecule has 1 aromatic heterocycles. The number of Topliss-reactive ketones (excluding diaryl/α,β-unsaturated/α-hetero) is 1. The van der Waals surface area contributed by atoms with E-state index in [2.05, 4.69) is 5.10 Å². The molecule has 0 aliphatic heterocycles. The molecule has 1 rings (SSSR count). The first-order valence-corrected chi connectivity index (χ1v) is 7.07. The standard InChI is InChI=1S/C10H16N2O3S/c1-8-9(7-12(2)11-8)10(13)5-4-6-16(3,14)15/h7H,4-6H2,1-3H3. The van der Waals surface area contributed by atoms with Crippen LogP contribution in [0.2, 0.25) is 0 Å². The van der Waals surface area contributed by atoms with E-state index in [4.69, 9.17) is 0 Å². The molecule has 0 spiro atoms. The second kappa shape index (κ2) is 4.78. The third-order valence-corrected chi connectivity index (χ3v) is 3.26. The molecule has 0 aliphatic carbocycles. The van der Waals surface area contributed by atoms with E-state index in [1.807, 2.05) is 0 Å². The van der Waals surface area contributed by atoms with Crippen LogP contribution in [-0.4, -0.2) is 36.0 Å². The minimum absolute atomic E-state index is 0.0470. The number of nitrogens with zero attached hydrogens (tertiary/aromatic N) is 2. The van der Waals surface area contributed by atoms with Gasteiger partial charge in [0.15, 0.2) is 5.78 Å². The molecule has 6 heteroatoms. The van der Waals surface area contributed by atoms with E-state index in [0.29, 0.717) is 17.7 Å². The topological polar surface area (TPSA) is 69.0 Å². The fourth-order valence-electron chi connectivity index (χ4n) is 1.50. The van der Waals surface area contributed by atoms with Gasteiger partial charge in [0.2, 0.25) is 0 Å². The van der Waals surface area contributed by atoms with Crippen LogP contribution in [0.25, 0.3) is 0 Å². The van der Waals surface area contributed by atoms with Crippen LogP contribution in [0.3, 0.4) is 0 Å². The molecule has 0 fully saturated rings. The molecule has 0 unspecified atom stereocenters. The van der Waals surface area contributed by atoms with Gasteiger partial charge >= 0.3 is 0 Å². The minimum atomic E-state index is -2.98. The molecular formula is C10H16N2O3S. The normalized spacial score (nSPS) is 11.7. The first-order chi connectivity index (χ1) is 7.29. The van der Waals surface area contributed by atoms with Crippen LogP contribution in [0.5, 0.6) is 0 Å². The average Bonchev–Trinajstić information content (AvgIpc) is 2.43. The summed E-state index contributed by atoms with van der Waals surface area (Å²) in [5.41, 5.74) is 1.27. The largest absolute Gasteiger partial charge is 0.294 e. The van der Waals surface area contributed by atoms with Crippen molar-refractivity contribution in [2.45, 2.75) is 19.8 Å². The zero-order valence-corrected chi connectivity index (χ0v) is 10.5. The van der Waals surface area contributed by atoms with Crippen LogP contribution in [0.15, 0.2) is 6.20 Å². The fraction of sp³-hybridized carbons (Fsp3) is 0.600. The summed E-state index contributed by atoms with van der Waals surface area (Å²) in [6, 6.07) is 0. The summed E-state index contributed by atoms with van der Waals surface area (Å²) >= 11 is 0. The molecule has 5 nitrogen and oxygen atoms in total. The Kier molecular flexibility index (Phi) is 3.85. The molecule has 0 saturated heterocycles. The maximum absolute atomic E-state index is 11.7. The van der Waals surface area contributed by atoms with Gasteiger partial charge in [0, 0.05) is 25.9 Å². The van der Waals surface area contributed by atoms with Crippen molar-refractivity contribution in [3.05, 3.63) is 17.5 Å². The number of hydrogen-bond donors (Lipinski definition) is 0. The lowest BCUT2D eigenvalue weighted by Gasteiger charge is -1.98. The van der Waals surface area contributed by atoms with Gasteiger partial charge in [-0.1, -0.05) is 0 Å². The second-order valence-electron chi connectivity index (χ2n) is 3.96. The summed E-state index contributed by atoms with van der Waals surface area (Å²) in [6.07, 6.45) is 3.45. The lowest BCUT2D eigenvalue weighted by atomic mass is 10.1. The van der Waals surface area contributed by atoms with Gasteiger partial charge in [-0.3, -0.25) is 9.48 Å². The number of aromatic nitrogens is 2. The van der Waals surface area contributed by atoms with Gasteiger partial charge in [-0.05, 0) is 13.3 Å². The van der Waals surface area contributed by atoms with Crippen LogP contribution in [0.1, 0.15) is 28.9 Å². The van der Waals surface area contributed by atoms with Crippen molar-refractivity contribution in [1.82, 2.24) is 9.78 Å². The molecule has 0 bridgehead atoms. The Hall–Kier alpha value is -1.17. The van der Waals surface area contributed by atoms with Crippen molar-refractivity contribution in [3.63, 3.8) is 0 Å². The van der Waals surface area contributed by atoms with E-state index in [1.165, 1.54) is 6.26 Å². The number of rotatable bonds is 5. The maximum atomic E-state index is 11.7. The lowest BCUT2D eigenvalue weighted by molar-refractivity contribution is 0.0981. The van der Waals surface area contributed by atoms with Crippen molar-refractivity contribution in [1.29, 1.82) is 0 Å². The molecule has 1 aromatic rings. The van der Waals surface area contributed by atoms with Crippen molar-refractivity contribution in [2.24, 2.45) is 7.05 Å². The predicted molar refractivity (Wildman–Crippen MR) is 61.2 cm³/mol. The number of carbonyl (C=O) groups is 1. The van der Waals surface area contributed by atoms with E-state index in [1.54, 1.807) is 24.9 Å². The predicted octanol–water partition coefficient (Wildman–Crippen LogP) is 0.736. The fourth-order valence-corrected chi connectivity index (χ4v) is 2.17. The van der Waals surface area contributed by atoms with E-state index in [9.17, 15) is 13.2 Å². The highest BCUT2D eigenvalue weighted by Gasteiger charge is 2.13. The molecule has 0 N–H and O–H groups in total. The minimum Gasteiger partial charge on any atom is -0.294 e. The molecule has 0 radical (unpaired) electrons. The number of hydrogen-bond acceptors (Lipinski definition) is 4. The maximum Gasteiger partial charge on any atom is 0.166 e. The molecule has 0 aliphatic rings. The number of carbonyl (C=O) groups excluding carboxylic acids is 1. The zero-order valence-electron chi connectivity index (χ0n) is 9.73. The quantitative estimate of drug-likeness (QED) is 0.716. The summed E-state index contributed by atoms with van der Waals surface area (Å²) in [6.45, 7) is 1.77. The van der Waals surface area contributed by atoms with Crippen molar-refractivity contribution >= 4 is 15.6 Å². The smallest absolute Gasteiger partial charge is 0.166 e. The highest BCUT2D eigenvalue weighted by molar-refractivity contribution is 7.90. The zero-order chi connectivity index (χ0) is 12.3. The van der Waals surface area contributed by atoms with Gasteiger partial charge in [-0.15, -0.1) is 0 Å². The first kappa shape index (κ1) is 12.9. The molecule has 90 valence electrons. The van der Waals surface area contributed by atoms with Gasteiger partial charge in [0.1, 0.15) is 9.84 Å². The van der Waals surface area contributed by atoms with Crippen LogP contribution in [0.4, 0.5) is 0 Å². The summed E-state index contributed by atoms with van der Waals surface area (Å²) in [4.78, 5) is 11.7. The molecule has 0 aromatic carbocycles. The Morgan fingerprint density at radius 2 is 2.12 bits per heavy atom. The molecule has 16 heavy (non-hydrogen) atoms. The average molecular weight is 244 g/mol. The third-order valence-electron chi connectivity index (χ3n) is 2.23. The number of ketones is 1. The molecule has 0 saturated carbocycles. The Morgan fingerprint density at radius 1 is 1.50 bits per heavy atom. The van der Waals surface area contributed by atoms with Gasteiger partial charge in [-0.2, -0.15) is 5.10 Å². The monoisotopic (exact) mass is 244 g/mol. The van der Waals surface area contributed by atoms with Gasteiger partial charge in [-0.25, -0.2) is 8.42 Å². The van der Waals surface area contributed by atoms with Crippen molar-refractivity contribution in [2.75, 3.05) is 12.0 Å². The van der Waals surface area contributed by atoms with Crippen molar-refractivity contribution in [3.8, 4) is 0 Å². The van der Waals surface area contributed by atoms with E-state index in [0.717, 1.165) is 0 Å². The number of sulfone groups is 1. The Bertz CT molecular complexity index is 488. The van der Waals surface area contributed by atoms with E-state index in [-0.39, 0.29) is 18.0 Å². The van der Waals surface area contributed by atoms with Crippen molar-refractivity contribution < 1.29 is 13.2 Å². The third kappa shape index (κ3) is 3.77. The molecule has 0 amide bonds. The first-order valence-electron chi connectivity index (χ1n) is 5.01. The van der Waals surface area contributed by atoms with E-state index < -0.39 is 9.84 Å². The summed E-state index contributed by atoms with van der Waals surface area (Å²) in [7, 11) is -1.23. The Balaban J connectivity index is 2.57. The summed E-state index contributed by atoms with van der Waals surface area (Å²) in [5.74, 6) is 0.00663. The Morgan fingerprint density at radius 3 is 2.56 bits per heavy atom. The second-order valence-corrected chi connectivity index (χ2v) is 6.22. The number of aryl methyl sites for hydroxylation is 2. The lowest BCUT2D eigenvalue weighted by Crippen LogP contribution is -2.06. The SMILES string of the molecule is Cc1nn(C)cc1C(=O)CCCS(C)(=O)=O.